The number of hydrogen-bond acceptors (Lipinski definition) is 4. The second-order valence-electron chi connectivity index (χ2n) is 8.40. The van der Waals surface area contributed by atoms with Crippen molar-refractivity contribution in [2.75, 3.05) is 13.2 Å². The highest BCUT2D eigenvalue weighted by Gasteiger charge is 2.13. The van der Waals surface area contributed by atoms with E-state index in [2.05, 4.69) is 0 Å². The van der Waals surface area contributed by atoms with Crippen molar-refractivity contribution < 1.29 is 28.2 Å². The summed E-state index contributed by atoms with van der Waals surface area (Å²) in [5.74, 6) is -0.584. The van der Waals surface area contributed by atoms with Gasteiger partial charge < -0.3 is 9.47 Å². The molecule has 182 valence electrons. The van der Waals surface area contributed by atoms with Gasteiger partial charge in [0.1, 0.15) is 0 Å². The quantitative estimate of drug-likeness (QED) is 0.183. The van der Waals surface area contributed by atoms with Crippen molar-refractivity contribution in [1.29, 1.82) is 0 Å². The van der Waals surface area contributed by atoms with Crippen molar-refractivity contribution in [3.8, 4) is 22.3 Å². The number of pyridine rings is 2. The highest BCUT2D eigenvalue weighted by molar-refractivity contribution is 5.68. The summed E-state index contributed by atoms with van der Waals surface area (Å²) in [6.45, 7) is 0.915. The molecule has 36 heavy (non-hydrogen) atoms. The van der Waals surface area contributed by atoms with Crippen LogP contribution in [0, 0.1) is 0 Å². The molecule has 0 spiro atoms. The number of esters is 2. The molecule has 0 amide bonds. The molecule has 0 saturated heterocycles. The third-order valence-electron chi connectivity index (χ3n) is 5.68. The van der Waals surface area contributed by atoms with Gasteiger partial charge in [0.25, 0.3) is 0 Å². The second kappa shape index (κ2) is 13.0. The van der Waals surface area contributed by atoms with Gasteiger partial charge in [0.05, 0.1) is 13.2 Å². The highest BCUT2D eigenvalue weighted by Crippen LogP contribution is 2.17. The molecule has 4 aromatic rings. The first kappa shape index (κ1) is 24.8. The van der Waals surface area contributed by atoms with Crippen LogP contribution in [0.1, 0.15) is 12.8 Å². The van der Waals surface area contributed by atoms with Crippen LogP contribution in [-0.4, -0.2) is 25.2 Å². The Hall–Kier alpha value is -4.32. The summed E-state index contributed by atoms with van der Waals surface area (Å²) in [5.41, 5.74) is 4.45. The Kier molecular flexibility index (Phi) is 8.92. The average Bonchev–Trinajstić information content (AvgIpc) is 2.92. The smallest absolute Gasteiger partial charge is 0.372 e. The summed E-state index contributed by atoms with van der Waals surface area (Å²) in [5, 5.41) is 0. The SMILES string of the molecule is O=C(C[n+]1ccc(-c2ccccc2)cc1)OCCCCOC(=O)C[n+]1ccc(-c2ccccc2)cc1. The second-order valence-corrected chi connectivity index (χ2v) is 8.40. The van der Waals surface area contributed by atoms with Gasteiger partial charge in [-0.1, -0.05) is 60.7 Å². The highest BCUT2D eigenvalue weighted by atomic mass is 16.5. The van der Waals surface area contributed by atoms with Crippen LogP contribution in [0.25, 0.3) is 22.3 Å². The molecule has 0 N–H and O–H groups in total. The summed E-state index contributed by atoms with van der Waals surface area (Å²) in [4.78, 5) is 24.2. The first-order chi connectivity index (χ1) is 17.7. The Morgan fingerprint density at radius 3 is 1.19 bits per heavy atom. The summed E-state index contributed by atoms with van der Waals surface area (Å²) < 4.78 is 14.2. The van der Waals surface area contributed by atoms with E-state index >= 15 is 0 Å². The van der Waals surface area contributed by atoms with Gasteiger partial charge in [-0.25, -0.2) is 9.59 Å². The molecule has 2 heterocycles. The minimum Gasteiger partial charge on any atom is -0.461 e. The molecule has 0 aliphatic carbocycles. The van der Waals surface area contributed by atoms with Gasteiger partial charge in [-0.3, -0.25) is 0 Å². The van der Waals surface area contributed by atoms with Crippen molar-refractivity contribution in [1.82, 2.24) is 0 Å². The standard InChI is InChI=1S/C30H30N2O4/c33-29(23-31-17-13-27(14-18-31)25-9-3-1-4-10-25)35-21-7-8-22-36-30(34)24-32-19-15-28(16-20-32)26-11-5-2-6-12-26/h1-6,9-20H,7-8,21-24H2/q+2. The van der Waals surface area contributed by atoms with Crippen molar-refractivity contribution in [3.63, 3.8) is 0 Å². The number of unbranched alkanes of at least 4 members (excludes halogenated alkanes) is 1. The summed E-state index contributed by atoms with van der Waals surface area (Å²) in [7, 11) is 0. The van der Waals surface area contributed by atoms with Gasteiger partial charge in [0.15, 0.2) is 24.8 Å². The topological polar surface area (TPSA) is 60.4 Å². The van der Waals surface area contributed by atoms with Crippen LogP contribution in [-0.2, 0) is 32.2 Å². The van der Waals surface area contributed by atoms with Crippen LogP contribution in [0.2, 0.25) is 0 Å². The lowest BCUT2D eigenvalue weighted by atomic mass is 10.1. The number of aromatic nitrogens is 2. The third kappa shape index (κ3) is 7.60. The lowest BCUT2D eigenvalue weighted by Crippen LogP contribution is -2.38. The average molecular weight is 483 g/mol. The molecule has 2 aromatic carbocycles. The van der Waals surface area contributed by atoms with E-state index in [1.54, 1.807) is 9.13 Å². The Labute approximate surface area is 211 Å². The summed E-state index contributed by atoms with van der Waals surface area (Å²) in [6.07, 6.45) is 8.75. The van der Waals surface area contributed by atoms with Crippen LogP contribution in [0.3, 0.4) is 0 Å². The molecule has 0 radical (unpaired) electrons. The molecule has 0 unspecified atom stereocenters. The van der Waals surface area contributed by atoms with Gasteiger partial charge in [-0.05, 0) is 35.1 Å². The first-order valence-corrected chi connectivity index (χ1v) is 12.1. The molecule has 6 heteroatoms. The van der Waals surface area contributed by atoms with E-state index in [0.29, 0.717) is 26.1 Å². The van der Waals surface area contributed by atoms with E-state index < -0.39 is 0 Å². The molecular weight excluding hydrogens is 452 g/mol. The minimum absolute atomic E-state index is 0.157. The molecule has 0 saturated carbocycles. The normalized spacial score (nSPS) is 10.6. The summed E-state index contributed by atoms with van der Waals surface area (Å²) >= 11 is 0. The number of carbonyl (C=O) groups is 2. The van der Waals surface area contributed by atoms with Gasteiger partial charge in [0.2, 0.25) is 13.1 Å². The van der Waals surface area contributed by atoms with Gasteiger partial charge >= 0.3 is 11.9 Å². The van der Waals surface area contributed by atoms with Crippen molar-refractivity contribution in [2.24, 2.45) is 0 Å². The van der Waals surface area contributed by atoms with Crippen LogP contribution in [0.5, 0.6) is 0 Å². The molecule has 0 fully saturated rings. The Morgan fingerprint density at radius 1 is 0.500 bits per heavy atom. The van der Waals surface area contributed by atoms with E-state index in [0.717, 1.165) is 22.3 Å². The van der Waals surface area contributed by atoms with Crippen LogP contribution >= 0.6 is 0 Å². The summed E-state index contributed by atoms with van der Waals surface area (Å²) in [6, 6.07) is 28.1. The fourth-order valence-electron chi connectivity index (χ4n) is 3.74. The predicted molar refractivity (Wildman–Crippen MR) is 135 cm³/mol. The fourth-order valence-corrected chi connectivity index (χ4v) is 3.74. The van der Waals surface area contributed by atoms with Gasteiger partial charge in [-0.15, -0.1) is 0 Å². The van der Waals surface area contributed by atoms with E-state index in [1.165, 1.54) is 0 Å². The minimum atomic E-state index is -0.292. The maximum atomic E-state index is 12.1. The van der Waals surface area contributed by atoms with Crippen molar-refractivity contribution in [3.05, 3.63) is 110 Å². The van der Waals surface area contributed by atoms with E-state index in [4.69, 9.17) is 9.47 Å². The first-order valence-electron chi connectivity index (χ1n) is 12.1. The van der Waals surface area contributed by atoms with Crippen LogP contribution in [0.4, 0.5) is 0 Å². The fraction of sp³-hybridized carbons (Fsp3) is 0.200. The predicted octanol–water partition coefficient (Wildman–Crippen LogP) is 4.16. The monoisotopic (exact) mass is 482 g/mol. The molecule has 2 aromatic heterocycles. The molecule has 0 aliphatic rings. The van der Waals surface area contributed by atoms with Crippen LogP contribution < -0.4 is 9.13 Å². The van der Waals surface area contributed by atoms with E-state index in [1.807, 2.05) is 110 Å². The lowest BCUT2D eigenvalue weighted by molar-refractivity contribution is -0.686. The number of rotatable bonds is 11. The number of nitrogens with zero attached hydrogens (tertiary/aromatic N) is 2. The molecule has 6 nitrogen and oxygen atoms in total. The Morgan fingerprint density at radius 2 is 0.833 bits per heavy atom. The van der Waals surface area contributed by atoms with Gasteiger partial charge in [0, 0.05) is 24.3 Å². The zero-order valence-corrected chi connectivity index (χ0v) is 20.2. The lowest BCUT2D eigenvalue weighted by Gasteiger charge is -2.05. The number of hydrogen-bond donors (Lipinski definition) is 0. The molecule has 0 aliphatic heterocycles. The zero-order chi connectivity index (χ0) is 25.0. The van der Waals surface area contributed by atoms with Crippen molar-refractivity contribution in [2.45, 2.75) is 25.9 Å². The molecule has 4 rings (SSSR count). The van der Waals surface area contributed by atoms with Crippen LogP contribution in [0.15, 0.2) is 110 Å². The van der Waals surface area contributed by atoms with E-state index in [-0.39, 0.29) is 25.0 Å². The Bertz CT molecular complexity index is 1140. The van der Waals surface area contributed by atoms with E-state index in [9.17, 15) is 9.59 Å². The number of ether oxygens (including phenoxy) is 2. The van der Waals surface area contributed by atoms with Crippen molar-refractivity contribution >= 4 is 11.9 Å². The zero-order valence-electron chi connectivity index (χ0n) is 20.2. The number of benzene rings is 2. The molecule has 0 atom stereocenters. The maximum absolute atomic E-state index is 12.1. The van der Waals surface area contributed by atoms with Gasteiger partial charge in [-0.2, -0.15) is 9.13 Å². The number of carbonyl (C=O) groups excluding carboxylic acids is 2. The third-order valence-corrected chi connectivity index (χ3v) is 5.68. The Balaban J connectivity index is 1.09. The molecule has 0 bridgehead atoms. The molecular formula is C30H30N2O4+2. The maximum Gasteiger partial charge on any atom is 0.372 e. The largest absolute Gasteiger partial charge is 0.461 e.